The van der Waals surface area contributed by atoms with Gasteiger partial charge in [0.25, 0.3) is 0 Å². The molecule has 0 unspecified atom stereocenters. The number of hydrogen-bond donors (Lipinski definition) is 1. The Morgan fingerprint density at radius 1 is 1.04 bits per heavy atom. The second-order valence-electron chi connectivity index (χ2n) is 5.46. The number of rotatable bonds is 1. The van der Waals surface area contributed by atoms with Crippen molar-refractivity contribution in [2.24, 2.45) is 0 Å². The van der Waals surface area contributed by atoms with Crippen molar-refractivity contribution >= 4 is 55.4 Å². The van der Waals surface area contributed by atoms with Crippen LogP contribution in [0.4, 0.5) is 21.9 Å². The molecule has 0 spiro atoms. The first-order valence-electron chi connectivity index (χ1n) is 7.27. The number of pyridine rings is 1. The van der Waals surface area contributed by atoms with Crippen molar-refractivity contribution in [2.45, 2.75) is 0 Å². The zero-order valence-electron chi connectivity index (χ0n) is 12.0. The fourth-order valence-corrected chi connectivity index (χ4v) is 3.94. The molecule has 23 heavy (non-hydrogen) atoms. The van der Waals surface area contributed by atoms with Crippen LogP contribution < -0.4 is 10.2 Å². The highest BCUT2D eigenvalue weighted by atomic mass is 32.1. The van der Waals surface area contributed by atoms with Crippen molar-refractivity contribution in [2.75, 3.05) is 10.2 Å². The molecule has 0 radical (unpaired) electrons. The highest BCUT2D eigenvalue weighted by molar-refractivity contribution is 7.17. The third-order valence-electron chi connectivity index (χ3n) is 4.13. The van der Waals surface area contributed by atoms with Crippen molar-refractivity contribution in [3.05, 3.63) is 60.1 Å². The first kappa shape index (κ1) is 12.6. The van der Waals surface area contributed by atoms with Gasteiger partial charge in [-0.1, -0.05) is 30.3 Å². The van der Waals surface area contributed by atoms with Gasteiger partial charge in [-0.15, -0.1) is 11.3 Å². The predicted molar refractivity (Wildman–Crippen MR) is 94.7 cm³/mol. The fourth-order valence-electron chi connectivity index (χ4n) is 3.08. The Hall–Kier alpha value is -2.92. The smallest absolute Gasteiger partial charge is 0.306 e. The van der Waals surface area contributed by atoms with Crippen LogP contribution >= 0.6 is 11.3 Å². The summed E-state index contributed by atoms with van der Waals surface area (Å²) in [5, 5.41) is 8.17. The molecule has 1 aliphatic heterocycles. The summed E-state index contributed by atoms with van der Waals surface area (Å²) in [6.07, 6.45) is 1.75. The van der Waals surface area contributed by atoms with Crippen molar-refractivity contribution in [3.8, 4) is 0 Å². The molecule has 4 aromatic rings. The average molecular weight is 317 g/mol. The third kappa shape index (κ3) is 1.77. The molecule has 3 heterocycles. The molecule has 0 saturated carbocycles. The molecule has 2 amide bonds. The monoisotopic (exact) mass is 317 g/mol. The number of urea groups is 1. The molecule has 0 bridgehead atoms. The molecule has 5 rings (SSSR count). The van der Waals surface area contributed by atoms with Crippen molar-refractivity contribution in [1.82, 2.24) is 4.98 Å². The summed E-state index contributed by atoms with van der Waals surface area (Å²) in [4.78, 5) is 19.7. The first-order valence-corrected chi connectivity index (χ1v) is 8.15. The highest BCUT2D eigenvalue weighted by Gasteiger charge is 2.28. The standard InChI is InChI=1S/C18H11N3OS/c22-18-20-14-10-23-17-16(14)15(7-8-19-17)21(18)13-6-5-11-3-1-2-4-12(11)9-13/h1-10H,(H,20,22). The number of benzene rings is 2. The first-order chi connectivity index (χ1) is 11.3. The molecular weight excluding hydrogens is 306 g/mol. The van der Waals surface area contributed by atoms with Crippen molar-refractivity contribution in [1.29, 1.82) is 0 Å². The number of carbonyl (C=O) groups is 1. The average Bonchev–Trinajstić information content (AvgIpc) is 2.99. The van der Waals surface area contributed by atoms with Crippen LogP contribution in [-0.4, -0.2) is 11.0 Å². The Labute approximate surface area is 136 Å². The van der Waals surface area contributed by atoms with E-state index in [4.69, 9.17) is 0 Å². The zero-order chi connectivity index (χ0) is 15.4. The summed E-state index contributed by atoms with van der Waals surface area (Å²) < 4.78 is 0. The molecule has 2 aromatic heterocycles. The maximum absolute atomic E-state index is 12.6. The molecule has 1 aliphatic rings. The van der Waals surface area contributed by atoms with Crippen LogP contribution in [-0.2, 0) is 0 Å². The minimum atomic E-state index is -0.140. The van der Waals surface area contributed by atoms with Crippen LogP contribution in [0.5, 0.6) is 0 Å². The molecular formula is C18H11N3OS. The molecule has 0 fully saturated rings. The number of hydrogen-bond acceptors (Lipinski definition) is 3. The van der Waals surface area contributed by atoms with E-state index in [1.807, 2.05) is 41.8 Å². The van der Waals surface area contributed by atoms with Crippen LogP contribution in [0.2, 0.25) is 0 Å². The number of amides is 2. The lowest BCUT2D eigenvalue weighted by Gasteiger charge is -2.28. The van der Waals surface area contributed by atoms with Crippen LogP contribution in [0.3, 0.4) is 0 Å². The van der Waals surface area contributed by atoms with E-state index >= 15 is 0 Å². The summed E-state index contributed by atoms with van der Waals surface area (Å²) >= 11 is 1.54. The third-order valence-corrected chi connectivity index (χ3v) is 5.02. The topological polar surface area (TPSA) is 45.2 Å². The van der Waals surface area contributed by atoms with Gasteiger partial charge in [0.05, 0.1) is 22.4 Å². The van der Waals surface area contributed by atoms with E-state index < -0.39 is 0 Å². The summed E-state index contributed by atoms with van der Waals surface area (Å²) in [5.41, 5.74) is 2.57. The number of aromatic nitrogens is 1. The van der Waals surface area contributed by atoms with E-state index in [0.717, 1.165) is 38.1 Å². The van der Waals surface area contributed by atoms with E-state index in [2.05, 4.69) is 22.4 Å². The quantitative estimate of drug-likeness (QED) is 0.529. The van der Waals surface area contributed by atoms with Gasteiger partial charge >= 0.3 is 6.03 Å². The van der Waals surface area contributed by atoms with E-state index in [1.54, 1.807) is 22.4 Å². The molecule has 0 atom stereocenters. The molecule has 110 valence electrons. The lowest BCUT2D eigenvalue weighted by molar-refractivity contribution is 0.259. The number of fused-ring (bicyclic) bond motifs is 1. The highest BCUT2D eigenvalue weighted by Crippen LogP contribution is 2.42. The second kappa shape index (κ2) is 4.54. The SMILES string of the molecule is O=C1Nc2csc3nccc(c23)N1c1ccc2ccccc2c1. The van der Waals surface area contributed by atoms with Gasteiger partial charge in [-0.2, -0.15) is 0 Å². The van der Waals surface area contributed by atoms with Gasteiger partial charge in [-0.25, -0.2) is 9.78 Å². The summed E-state index contributed by atoms with van der Waals surface area (Å²) in [5.74, 6) is 0. The van der Waals surface area contributed by atoms with E-state index in [9.17, 15) is 4.79 Å². The minimum absolute atomic E-state index is 0.140. The summed E-state index contributed by atoms with van der Waals surface area (Å²) in [6.45, 7) is 0. The number of nitrogens with one attached hydrogen (secondary N) is 1. The Morgan fingerprint density at radius 3 is 2.83 bits per heavy atom. The lowest BCUT2D eigenvalue weighted by atomic mass is 10.1. The Morgan fingerprint density at radius 2 is 1.91 bits per heavy atom. The number of carbonyl (C=O) groups excluding carboxylic acids is 1. The van der Waals surface area contributed by atoms with Gasteiger partial charge in [0.2, 0.25) is 0 Å². The summed E-state index contributed by atoms with van der Waals surface area (Å²) in [6, 6.07) is 16.0. The number of anilines is 3. The number of nitrogens with zero attached hydrogens (tertiary/aromatic N) is 2. The van der Waals surface area contributed by atoms with Crippen molar-refractivity contribution < 1.29 is 4.79 Å². The molecule has 2 aromatic carbocycles. The zero-order valence-corrected chi connectivity index (χ0v) is 12.8. The normalized spacial score (nSPS) is 13.6. The predicted octanol–water partition coefficient (Wildman–Crippen LogP) is 5.13. The maximum atomic E-state index is 12.6. The van der Waals surface area contributed by atoms with E-state index in [0.29, 0.717) is 0 Å². The van der Waals surface area contributed by atoms with Gasteiger partial charge in [-0.05, 0) is 29.0 Å². The van der Waals surface area contributed by atoms with E-state index in [1.165, 1.54) is 0 Å². The van der Waals surface area contributed by atoms with Crippen molar-refractivity contribution in [3.63, 3.8) is 0 Å². The molecule has 4 nitrogen and oxygen atoms in total. The van der Waals surface area contributed by atoms with Crippen LogP contribution in [0.1, 0.15) is 0 Å². The fraction of sp³-hybridized carbons (Fsp3) is 0. The molecule has 5 heteroatoms. The van der Waals surface area contributed by atoms with E-state index in [-0.39, 0.29) is 6.03 Å². The van der Waals surface area contributed by atoms with Crippen LogP contribution in [0, 0.1) is 0 Å². The summed E-state index contributed by atoms with van der Waals surface area (Å²) in [7, 11) is 0. The van der Waals surface area contributed by atoms with Crippen LogP contribution in [0.15, 0.2) is 60.1 Å². The Bertz CT molecular complexity index is 1090. The number of thiophene rings is 1. The van der Waals surface area contributed by atoms with Gasteiger partial charge in [-0.3, -0.25) is 4.90 Å². The maximum Gasteiger partial charge on any atom is 0.331 e. The Kier molecular flexibility index (Phi) is 2.49. The van der Waals surface area contributed by atoms with Gasteiger partial charge in [0.1, 0.15) is 4.83 Å². The molecule has 0 aliphatic carbocycles. The van der Waals surface area contributed by atoms with Gasteiger partial charge in [0.15, 0.2) is 0 Å². The van der Waals surface area contributed by atoms with Crippen LogP contribution in [0.25, 0.3) is 21.0 Å². The molecule has 1 N–H and O–H groups in total. The van der Waals surface area contributed by atoms with Gasteiger partial charge in [0, 0.05) is 11.6 Å². The minimum Gasteiger partial charge on any atom is -0.306 e. The largest absolute Gasteiger partial charge is 0.331 e. The lowest BCUT2D eigenvalue weighted by Crippen LogP contribution is -2.33. The Balaban J connectivity index is 1.77. The second-order valence-corrected chi connectivity index (χ2v) is 6.31. The van der Waals surface area contributed by atoms with Gasteiger partial charge < -0.3 is 5.32 Å². The molecule has 0 saturated heterocycles.